The lowest BCUT2D eigenvalue weighted by molar-refractivity contribution is -0.134. The van der Waals surface area contributed by atoms with Crippen LogP contribution in [0.3, 0.4) is 0 Å². The third-order valence-electron chi connectivity index (χ3n) is 5.73. The van der Waals surface area contributed by atoms with Crippen LogP contribution in [0.2, 0.25) is 0 Å². The van der Waals surface area contributed by atoms with Gasteiger partial charge in [0.15, 0.2) is 0 Å². The van der Waals surface area contributed by atoms with Crippen molar-refractivity contribution in [1.29, 1.82) is 0 Å². The second-order valence-corrected chi connectivity index (χ2v) is 7.11. The number of rotatable bonds is 5. The average molecular weight is 294 g/mol. The van der Waals surface area contributed by atoms with Crippen molar-refractivity contribution in [3.63, 3.8) is 0 Å². The minimum absolute atomic E-state index is 0.0466. The molecule has 3 fully saturated rings. The highest BCUT2D eigenvalue weighted by molar-refractivity contribution is 5.84. The Balaban J connectivity index is 1.76. The van der Waals surface area contributed by atoms with Crippen molar-refractivity contribution in [2.45, 2.75) is 77.0 Å². The number of hydrogen-bond donors (Lipinski definition) is 1. The molecule has 0 aromatic rings. The monoisotopic (exact) mass is 294 g/mol. The number of nitrogens with zero attached hydrogens (tertiary/aromatic N) is 1. The fourth-order valence-electron chi connectivity index (χ4n) is 4.42. The molecular weight excluding hydrogens is 264 g/mol. The lowest BCUT2D eigenvalue weighted by atomic mass is 9.96. The minimum Gasteiger partial charge on any atom is -0.381 e. The van der Waals surface area contributed by atoms with E-state index in [0.717, 1.165) is 32.5 Å². The summed E-state index contributed by atoms with van der Waals surface area (Å²) in [7, 11) is 0. The van der Waals surface area contributed by atoms with Gasteiger partial charge in [-0.05, 0) is 38.5 Å². The van der Waals surface area contributed by atoms with Crippen LogP contribution in [-0.2, 0) is 9.53 Å². The van der Waals surface area contributed by atoms with Gasteiger partial charge in [-0.15, -0.1) is 0 Å². The van der Waals surface area contributed by atoms with Gasteiger partial charge in [0.25, 0.3) is 0 Å². The van der Waals surface area contributed by atoms with Gasteiger partial charge in [-0.3, -0.25) is 10.1 Å². The lowest BCUT2D eigenvalue weighted by Gasteiger charge is -2.36. The van der Waals surface area contributed by atoms with Gasteiger partial charge in [0.05, 0.1) is 18.8 Å². The predicted molar refractivity (Wildman–Crippen MR) is 82.8 cm³/mol. The molecule has 1 amide bonds. The fraction of sp³-hybridized carbons (Fsp3) is 0.941. The first-order chi connectivity index (χ1) is 10.2. The highest BCUT2D eigenvalue weighted by Crippen LogP contribution is 2.35. The molecule has 3 aliphatic rings. The topological polar surface area (TPSA) is 41.6 Å². The van der Waals surface area contributed by atoms with Crippen LogP contribution in [0.5, 0.6) is 0 Å². The summed E-state index contributed by atoms with van der Waals surface area (Å²) < 4.78 is 5.55. The second kappa shape index (κ2) is 6.66. The van der Waals surface area contributed by atoms with Crippen LogP contribution >= 0.6 is 0 Å². The number of hydrogen-bond acceptors (Lipinski definition) is 3. The van der Waals surface area contributed by atoms with E-state index in [9.17, 15) is 4.79 Å². The molecular formula is C17H30N2O2. The van der Waals surface area contributed by atoms with E-state index in [1.807, 2.05) is 0 Å². The summed E-state index contributed by atoms with van der Waals surface area (Å²) >= 11 is 0. The lowest BCUT2D eigenvalue weighted by Crippen LogP contribution is -2.49. The molecule has 0 aromatic heterocycles. The van der Waals surface area contributed by atoms with Crippen LogP contribution in [0.15, 0.2) is 0 Å². The van der Waals surface area contributed by atoms with Crippen LogP contribution in [0.1, 0.15) is 58.8 Å². The van der Waals surface area contributed by atoms with Crippen molar-refractivity contribution in [2.24, 2.45) is 11.8 Å². The number of amides is 1. The Kier molecular flexibility index (Phi) is 4.85. The molecule has 3 rings (SSSR count). The highest BCUT2D eigenvalue weighted by atomic mass is 16.5. The molecule has 1 aliphatic carbocycles. The first-order valence-corrected chi connectivity index (χ1v) is 8.88. The predicted octanol–water partition coefficient (Wildman–Crippen LogP) is 2.53. The molecule has 2 saturated heterocycles. The summed E-state index contributed by atoms with van der Waals surface area (Å²) in [5.74, 6) is 1.51. The normalized spacial score (nSPS) is 35.8. The first kappa shape index (κ1) is 15.3. The maximum atomic E-state index is 12.9. The van der Waals surface area contributed by atoms with Crippen LogP contribution in [0.25, 0.3) is 0 Å². The van der Waals surface area contributed by atoms with Crippen molar-refractivity contribution in [1.82, 2.24) is 10.2 Å². The SMILES string of the molecule is CCCC1NC(C2CCCC2)N(C(C)C2CCOC2)C1=O. The molecule has 0 spiro atoms. The molecule has 0 aromatic carbocycles. The van der Waals surface area contributed by atoms with E-state index in [2.05, 4.69) is 24.1 Å². The van der Waals surface area contributed by atoms with Gasteiger partial charge in [0.1, 0.15) is 0 Å². The molecule has 1 saturated carbocycles. The quantitative estimate of drug-likeness (QED) is 0.847. The molecule has 21 heavy (non-hydrogen) atoms. The molecule has 120 valence electrons. The Morgan fingerprint density at radius 2 is 2.10 bits per heavy atom. The Morgan fingerprint density at radius 3 is 2.71 bits per heavy atom. The highest BCUT2D eigenvalue weighted by Gasteiger charge is 2.46. The molecule has 4 heteroatoms. The number of carbonyl (C=O) groups is 1. The summed E-state index contributed by atoms with van der Waals surface area (Å²) in [6.45, 7) is 6.07. The summed E-state index contributed by atoms with van der Waals surface area (Å²) in [6, 6.07) is 0.352. The Bertz CT molecular complexity index is 362. The summed E-state index contributed by atoms with van der Waals surface area (Å²) in [5.41, 5.74) is 0. The van der Waals surface area contributed by atoms with Crippen LogP contribution in [-0.4, -0.2) is 42.3 Å². The van der Waals surface area contributed by atoms with Gasteiger partial charge >= 0.3 is 0 Å². The first-order valence-electron chi connectivity index (χ1n) is 8.88. The fourth-order valence-corrected chi connectivity index (χ4v) is 4.42. The van der Waals surface area contributed by atoms with E-state index in [1.165, 1.54) is 25.7 Å². The van der Waals surface area contributed by atoms with Gasteiger partial charge in [-0.25, -0.2) is 0 Å². The Labute approximate surface area is 128 Å². The van der Waals surface area contributed by atoms with Gasteiger partial charge in [0, 0.05) is 18.6 Å². The Hall–Kier alpha value is -0.610. The van der Waals surface area contributed by atoms with E-state index in [0.29, 0.717) is 23.8 Å². The van der Waals surface area contributed by atoms with Crippen LogP contribution in [0.4, 0.5) is 0 Å². The maximum Gasteiger partial charge on any atom is 0.241 e. The summed E-state index contributed by atoms with van der Waals surface area (Å²) in [6.07, 6.45) is 8.59. The van der Waals surface area contributed by atoms with Crippen molar-refractivity contribution >= 4 is 5.91 Å². The van der Waals surface area contributed by atoms with Gasteiger partial charge in [-0.2, -0.15) is 0 Å². The standard InChI is InChI=1S/C17H30N2O2/c1-3-6-15-17(20)19(12(2)14-9-10-21-11-14)16(18-15)13-7-4-5-8-13/h12-16,18H,3-11H2,1-2H3. The molecule has 4 unspecified atom stereocenters. The molecule has 2 heterocycles. The van der Waals surface area contributed by atoms with Gasteiger partial charge in [0.2, 0.25) is 5.91 Å². The molecule has 0 bridgehead atoms. The van der Waals surface area contributed by atoms with Crippen molar-refractivity contribution in [2.75, 3.05) is 13.2 Å². The van der Waals surface area contributed by atoms with Crippen LogP contribution < -0.4 is 5.32 Å². The van der Waals surface area contributed by atoms with Crippen LogP contribution in [0, 0.1) is 11.8 Å². The van der Waals surface area contributed by atoms with Gasteiger partial charge < -0.3 is 9.64 Å². The van der Waals surface area contributed by atoms with Crippen molar-refractivity contribution < 1.29 is 9.53 Å². The number of carbonyl (C=O) groups excluding carboxylic acids is 1. The summed E-state index contributed by atoms with van der Waals surface area (Å²) in [4.78, 5) is 15.1. The van der Waals surface area contributed by atoms with E-state index in [-0.39, 0.29) is 12.2 Å². The van der Waals surface area contributed by atoms with Crippen molar-refractivity contribution in [3.8, 4) is 0 Å². The minimum atomic E-state index is 0.0466. The molecule has 2 aliphatic heterocycles. The third kappa shape index (κ3) is 2.98. The zero-order valence-corrected chi connectivity index (χ0v) is 13.5. The third-order valence-corrected chi connectivity index (χ3v) is 5.73. The molecule has 0 radical (unpaired) electrons. The maximum absolute atomic E-state index is 12.9. The van der Waals surface area contributed by atoms with E-state index >= 15 is 0 Å². The average Bonchev–Trinajstić information content (AvgIpc) is 3.20. The zero-order chi connectivity index (χ0) is 14.8. The zero-order valence-electron chi connectivity index (χ0n) is 13.5. The Morgan fingerprint density at radius 1 is 1.33 bits per heavy atom. The smallest absolute Gasteiger partial charge is 0.241 e. The van der Waals surface area contributed by atoms with E-state index in [4.69, 9.17) is 4.74 Å². The molecule has 4 nitrogen and oxygen atoms in total. The van der Waals surface area contributed by atoms with E-state index < -0.39 is 0 Å². The van der Waals surface area contributed by atoms with Crippen molar-refractivity contribution in [3.05, 3.63) is 0 Å². The number of nitrogens with one attached hydrogen (secondary N) is 1. The molecule has 4 atom stereocenters. The second-order valence-electron chi connectivity index (χ2n) is 7.11. The largest absolute Gasteiger partial charge is 0.381 e. The summed E-state index contributed by atoms with van der Waals surface area (Å²) in [5, 5.41) is 3.67. The van der Waals surface area contributed by atoms with Gasteiger partial charge in [-0.1, -0.05) is 26.2 Å². The van der Waals surface area contributed by atoms with E-state index in [1.54, 1.807) is 0 Å². The number of ether oxygens (including phenoxy) is 1. The molecule has 1 N–H and O–H groups in total.